The average Bonchev–Trinajstić information content (AvgIpc) is 2.28. The number of nitrogens with one attached hydrogen (secondary N) is 1. The molecule has 0 fully saturated rings. The van der Waals surface area contributed by atoms with Gasteiger partial charge in [-0.2, -0.15) is 0 Å². The number of rotatable bonds is 4. The van der Waals surface area contributed by atoms with Crippen LogP contribution in [-0.2, 0) is 14.3 Å². The lowest BCUT2D eigenvalue weighted by Gasteiger charge is -2.27. The molecule has 0 saturated carbocycles. The van der Waals surface area contributed by atoms with Crippen LogP contribution in [0.25, 0.3) is 0 Å². The number of carbonyl (C=O) groups is 2. The Bertz CT molecular complexity index is 438. The summed E-state index contributed by atoms with van der Waals surface area (Å²) in [5.74, 6) is -1.35. The van der Waals surface area contributed by atoms with E-state index in [9.17, 15) is 9.59 Å². The van der Waals surface area contributed by atoms with Gasteiger partial charge in [0, 0.05) is 6.20 Å². The van der Waals surface area contributed by atoms with Gasteiger partial charge in [-0.25, -0.2) is 4.98 Å². The van der Waals surface area contributed by atoms with Crippen LogP contribution in [0.15, 0.2) is 24.4 Å². The number of ether oxygens (including phenoxy) is 1. The molecular formula is C14H20N2O3. The molecule has 1 amide bonds. The van der Waals surface area contributed by atoms with E-state index in [4.69, 9.17) is 4.74 Å². The van der Waals surface area contributed by atoms with Crippen molar-refractivity contribution >= 4 is 17.7 Å². The molecule has 1 aromatic rings. The van der Waals surface area contributed by atoms with E-state index >= 15 is 0 Å². The van der Waals surface area contributed by atoms with Crippen molar-refractivity contribution in [3.05, 3.63) is 24.4 Å². The summed E-state index contributed by atoms with van der Waals surface area (Å²) < 4.78 is 4.97. The van der Waals surface area contributed by atoms with Crippen molar-refractivity contribution in [3.8, 4) is 0 Å². The van der Waals surface area contributed by atoms with E-state index in [1.165, 1.54) is 0 Å². The molecule has 5 nitrogen and oxygen atoms in total. The second-order valence-corrected chi connectivity index (χ2v) is 5.26. The van der Waals surface area contributed by atoms with Crippen molar-refractivity contribution in [3.63, 3.8) is 0 Å². The summed E-state index contributed by atoms with van der Waals surface area (Å²) >= 11 is 0. The lowest BCUT2D eigenvalue weighted by Crippen LogP contribution is -2.40. The molecule has 5 heteroatoms. The monoisotopic (exact) mass is 264 g/mol. The standard InChI is InChI=1S/C14H20N2O3/c1-5-19-13(18)11(14(2,3)4)12(17)16-10-8-6-7-9-15-10/h6-9,11H,5H2,1-4H3,(H,15,16,17). The number of hydrogen-bond acceptors (Lipinski definition) is 4. The topological polar surface area (TPSA) is 68.3 Å². The zero-order chi connectivity index (χ0) is 14.5. The third kappa shape index (κ3) is 4.35. The van der Waals surface area contributed by atoms with Crippen molar-refractivity contribution in [1.82, 2.24) is 4.98 Å². The van der Waals surface area contributed by atoms with Crippen LogP contribution >= 0.6 is 0 Å². The van der Waals surface area contributed by atoms with E-state index in [0.717, 1.165) is 0 Å². The molecule has 1 atom stereocenters. The Labute approximate surface area is 113 Å². The largest absolute Gasteiger partial charge is 0.465 e. The summed E-state index contributed by atoms with van der Waals surface area (Å²) in [4.78, 5) is 28.1. The Hall–Kier alpha value is -1.91. The van der Waals surface area contributed by atoms with E-state index in [0.29, 0.717) is 5.82 Å². The zero-order valence-electron chi connectivity index (χ0n) is 11.8. The number of nitrogens with zero attached hydrogens (tertiary/aromatic N) is 1. The molecule has 0 aliphatic rings. The van der Waals surface area contributed by atoms with Gasteiger partial charge in [-0.3, -0.25) is 9.59 Å². The minimum absolute atomic E-state index is 0.252. The fourth-order valence-electron chi connectivity index (χ4n) is 1.71. The summed E-state index contributed by atoms with van der Waals surface area (Å²) in [5.41, 5.74) is -0.523. The number of carbonyl (C=O) groups excluding carboxylic acids is 2. The highest BCUT2D eigenvalue weighted by Gasteiger charge is 2.39. The fraction of sp³-hybridized carbons (Fsp3) is 0.500. The van der Waals surface area contributed by atoms with E-state index in [-0.39, 0.29) is 6.61 Å². The van der Waals surface area contributed by atoms with Crippen LogP contribution in [0, 0.1) is 11.3 Å². The Kier molecular flexibility index (Phi) is 5.03. The quantitative estimate of drug-likeness (QED) is 0.669. The van der Waals surface area contributed by atoms with Crippen LogP contribution in [0.1, 0.15) is 27.7 Å². The molecule has 1 unspecified atom stereocenters. The van der Waals surface area contributed by atoms with Gasteiger partial charge >= 0.3 is 5.97 Å². The van der Waals surface area contributed by atoms with Crippen molar-refractivity contribution in [2.75, 3.05) is 11.9 Å². The smallest absolute Gasteiger partial charge is 0.319 e. The summed E-state index contributed by atoms with van der Waals surface area (Å²) in [5, 5.41) is 2.64. The maximum Gasteiger partial charge on any atom is 0.319 e. The number of anilines is 1. The van der Waals surface area contributed by atoms with Gasteiger partial charge in [-0.1, -0.05) is 26.8 Å². The molecule has 19 heavy (non-hydrogen) atoms. The first kappa shape index (κ1) is 15.1. The average molecular weight is 264 g/mol. The van der Waals surface area contributed by atoms with Gasteiger partial charge in [0.1, 0.15) is 11.7 Å². The molecule has 0 bridgehead atoms. The van der Waals surface area contributed by atoms with Crippen molar-refractivity contribution < 1.29 is 14.3 Å². The first-order valence-electron chi connectivity index (χ1n) is 6.24. The van der Waals surface area contributed by atoms with E-state index in [2.05, 4.69) is 10.3 Å². The summed E-state index contributed by atoms with van der Waals surface area (Å²) in [7, 11) is 0. The number of esters is 1. The second kappa shape index (κ2) is 6.31. The predicted octanol–water partition coefficient (Wildman–Crippen LogP) is 2.25. The fourth-order valence-corrected chi connectivity index (χ4v) is 1.71. The first-order chi connectivity index (χ1) is 8.86. The van der Waals surface area contributed by atoms with E-state index < -0.39 is 23.2 Å². The van der Waals surface area contributed by atoms with Crippen molar-refractivity contribution in [1.29, 1.82) is 0 Å². The summed E-state index contributed by atoms with van der Waals surface area (Å²) in [6, 6.07) is 5.18. The van der Waals surface area contributed by atoms with Crippen LogP contribution < -0.4 is 5.32 Å². The highest BCUT2D eigenvalue weighted by molar-refractivity contribution is 6.05. The van der Waals surface area contributed by atoms with Gasteiger partial charge in [0.2, 0.25) is 5.91 Å². The van der Waals surface area contributed by atoms with Crippen molar-refractivity contribution in [2.45, 2.75) is 27.7 Å². The Morgan fingerprint density at radius 2 is 2.05 bits per heavy atom. The van der Waals surface area contributed by atoms with Gasteiger partial charge in [0.15, 0.2) is 0 Å². The maximum absolute atomic E-state index is 12.2. The number of pyridine rings is 1. The van der Waals surface area contributed by atoms with Crippen LogP contribution in [0.3, 0.4) is 0 Å². The molecular weight excluding hydrogens is 244 g/mol. The van der Waals surface area contributed by atoms with Crippen molar-refractivity contribution in [2.24, 2.45) is 11.3 Å². The molecule has 0 saturated heterocycles. The zero-order valence-corrected chi connectivity index (χ0v) is 11.8. The third-order valence-electron chi connectivity index (χ3n) is 2.57. The molecule has 0 spiro atoms. The lowest BCUT2D eigenvalue weighted by molar-refractivity contribution is -0.155. The highest BCUT2D eigenvalue weighted by atomic mass is 16.5. The van der Waals surface area contributed by atoms with Gasteiger partial charge in [-0.15, -0.1) is 0 Å². The SMILES string of the molecule is CCOC(=O)C(C(=O)Nc1ccccn1)C(C)(C)C. The molecule has 1 aromatic heterocycles. The van der Waals surface area contributed by atoms with E-state index in [1.54, 1.807) is 31.3 Å². The van der Waals surface area contributed by atoms with Gasteiger partial charge in [0.25, 0.3) is 0 Å². The van der Waals surface area contributed by atoms with Crippen LogP contribution in [0.5, 0.6) is 0 Å². The molecule has 0 radical (unpaired) electrons. The molecule has 0 aliphatic carbocycles. The third-order valence-corrected chi connectivity index (χ3v) is 2.57. The molecule has 1 rings (SSSR count). The van der Waals surface area contributed by atoms with Gasteiger partial charge in [0.05, 0.1) is 6.61 Å². The maximum atomic E-state index is 12.2. The first-order valence-corrected chi connectivity index (χ1v) is 6.24. The van der Waals surface area contributed by atoms with Crippen LogP contribution in [-0.4, -0.2) is 23.5 Å². The van der Waals surface area contributed by atoms with E-state index in [1.807, 2.05) is 20.8 Å². The Balaban J connectivity index is 2.87. The molecule has 1 N–H and O–H groups in total. The molecule has 0 aromatic carbocycles. The molecule has 0 aliphatic heterocycles. The summed E-state index contributed by atoms with van der Waals surface area (Å²) in [6.07, 6.45) is 1.58. The number of amides is 1. The summed E-state index contributed by atoms with van der Waals surface area (Å²) in [6.45, 7) is 7.45. The predicted molar refractivity (Wildman–Crippen MR) is 72.4 cm³/mol. The highest BCUT2D eigenvalue weighted by Crippen LogP contribution is 2.28. The number of aromatic nitrogens is 1. The van der Waals surface area contributed by atoms with Crippen LogP contribution in [0.2, 0.25) is 0 Å². The normalized spacial score (nSPS) is 12.6. The number of hydrogen-bond donors (Lipinski definition) is 1. The molecule has 1 heterocycles. The van der Waals surface area contributed by atoms with Gasteiger partial charge in [-0.05, 0) is 24.5 Å². The minimum Gasteiger partial charge on any atom is -0.465 e. The van der Waals surface area contributed by atoms with Crippen LogP contribution in [0.4, 0.5) is 5.82 Å². The van der Waals surface area contributed by atoms with Gasteiger partial charge < -0.3 is 10.1 Å². The second-order valence-electron chi connectivity index (χ2n) is 5.26. The Morgan fingerprint density at radius 1 is 1.37 bits per heavy atom. The molecule has 104 valence electrons. The lowest BCUT2D eigenvalue weighted by atomic mass is 9.80. The Morgan fingerprint density at radius 3 is 2.53 bits per heavy atom. The minimum atomic E-state index is -0.866.